The largest absolute Gasteiger partial charge is 0.573 e. The van der Waals surface area contributed by atoms with Gasteiger partial charge < -0.3 is 15.8 Å². The van der Waals surface area contributed by atoms with Crippen molar-refractivity contribution in [1.82, 2.24) is 0 Å². The highest BCUT2D eigenvalue weighted by Crippen LogP contribution is 2.23. The number of nitrogens with two attached hydrogens (primary N) is 1. The van der Waals surface area contributed by atoms with E-state index in [0.29, 0.717) is 18.8 Å². The first kappa shape index (κ1) is 11.6. The molecule has 0 bridgehead atoms. The van der Waals surface area contributed by atoms with Gasteiger partial charge in [0.25, 0.3) is 0 Å². The quantitative estimate of drug-likeness (QED) is 0.815. The molecule has 0 aliphatic carbocycles. The summed E-state index contributed by atoms with van der Waals surface area (Å²) >= 11 is 0. The average molecular weight is 220 g/mol. The van der Waals surface area contributed by atoms with Crippen molar-refractivity contribution >= 4 is 5.69 Å². The molecule has 0 heterocycles. The molecular formula is C9H11F3N2O. The van der Waals surface area contributed by atoms with Crippen molar-refractivity contribution in [2.45, 2.75) is 6.36 Å². The highest BCUT2D eigenvalue weighted by atomic mass is 19.4. The van der Waals surface area contributed by atoms with E-state index in [-0.39, 0.29) is 5.75 Å². The Bertz CT molecular complexity index is 297. The first-order valence-electron chi connectivity index (χ1n) is 4.31. The van der Waals surface area contributed by atoms with E-state index in [1.165, 1.54) is 24.3 Å². The highest BCUT2D eigenvalue weighted by molar-refractivity contribution is 5.46. The zero-order valence-corrected chi connectivity index (χ0v) is 7.84. The van der Waals surface area contributed by atoms with E-state index in [0.717, 1.165) is 0 Å². The molecule has 1 aromatic rings. The van der Waals surface area contributed by atoms with Crippen LogP contribution in [0.4, 0.5) is 18.9 Å². The third-order valence-corrected chi connectivity index (χ3v) is 1.56. The molecule has 0 unspecified atom stereocenters. The van der Waals surface area contributed by atoms with Crippen LogP contribution in [-0.4, -0.2) is 19.5 Å². The van der Waals surface area contributed by atoms with Gasteiger partial charge in [-0.15, -0.1) is 13.2 Å². The molecule has 0 saturated heterocycles. The lowest BCUT2D eigenvalue weighted by atomic mass is 10.3. The topological polar surface area (TPSA) is 47.3 Å². The maximum absolute atomic E-state index is 11.8. The standard InChI is InChI=1S/C9H11F3N2O/c10-9(11,12)15-8-3-1-7(2-4-8)14-6-5-13/h1-4,14H,5-6,13H2. The Labute approximate surface area is 85.0 Å². The molecule has 0 aliphatic heterocycles. The van der Waals surface area contributed by atoms with Crippen LogP contribution in [0, 0.1) is 0 Å². The van der Waals surface area contributed by atoms with Gasteiger partial charge in [0.1, 0.15) is 5.75 Å². The second-order valence-corrected chi connectivity index (χ2v) is 2.79. The molecule has 0 spiro atoms. The minimum atomic E-state index is -4.65. The molecule has 0 amide bonds. The molecule has 0 aromatic heterocycles. The van der Waals surface area contributed by atoms with Crippen LogP contribution in [0.1, 0.15) is 0 Å². The molecule has 0 fully saturated rings. The third kappa shape index (κ3) is 4.55. The lowest BCUT2D eigenvalue weighted by Gasteiger charge is -2.09. The number of nitrogens with one attached hydrogen (secondary N) is 1. The second-order valence-electron chi connectivity index (χ2n) is 2.79. The zero-order chi connectivity index (χ0) is 11.3. The fourth-order valence-electron chi connectivity index (χ4n) is 0.991. The van der Waals surface area contributed by atoms with Crippen molar-refractivity contribution in [2.24, 2.45) is 5.73 Å². The monoisotopic (exact) mass is 220 g/mol. The van der Waals surface area contributed by atoms with E-state index in [9.17, 15) is 13.2 Å². The number of benzene rings is 1. The summed E-state index contributed by atoms with van der Waals surface area (Å²) < 4.78 is 39.1. The zero-order valence-electron chi connectivity index (χ0n) is 7.84. The van der Waals surface area contributed by atoms with E-state index >= 15 is 0 Å². The predicted molar refractivity (Wildman–Crippen MR) is 50.7 cm³/mol. The summed E-state index contributed by atoms with van der Waals surface area (Å²) in [7, 11) is 0. The Morgan fingerprint density at radius 2 is 1.80 bits per heavy atom. The number of halogens is 3. The van der Waals surface area contributed by atoms with Gasteiger partial charge >= 0.3 is 6.36 Å². The molecule has 0 radical (unpaired) electrons. The average Bonchev–Trinajstić information content (AvgIpc) is 2.14. The number of anilines is 1. The Balaban J connectivity index is 2.56. The van der Waals surface area contributed by atoms with Crippen molar-refractivity contribution in [3.05, 3.63) is 24.3 Å². The smallest absolute Gasteiger partial charge is 0.406 e. The van der Waals surface area contributed by atoms with E-state index in [1.54, 1.807) is 0 Å². The van der Waals surface area contributed by atoms with Crippen LogP contribution >= 0.6 is 0 Å². The van der Waals surface area contributed by atoms with Gasteiger partial charge in [-0.25, -0.2) is 0 Å². The fourth-order valence-corrected chi connectivity index (χ4v) is 0.991. The summed E-state index contributed by atoms with van der Waals surface area (Å²) in [6.07, 6.45) is -4.65. The van der Waals surface area contributed by atoms with Gasteiger partial charge in [0, 0.05) is 18.8 Å². The molecule has 1 aromatic carbocycles. The van der Waals surface area contributed by atoms with E-state index in [2.05, 4.69) is 10.1 Å². The molecule has 15 heavy (non-hydrogen) atoms. The van der Waals surface area contributed by atoms with Gasteiger partial charge in [-0.05, 0) is 24.3 Å². The first-order chi connectivity index (χ1) is 7.01. The second kappa shape index (κ2) is 4.88. The SMILES string of the molecule is NCCNc1ccc(OC(F)(F)F)cc1. The summed E-state index contributed by atoms with van der Waals surface area (Å²) in [6.45, 7) is 1.03. The van der Waals surface area contributed by atoms with E-state index in [1.807, 2.05) is 0 Å². The molecule has 0 aliphatic rings. The lowest BCUT2D eigenvalue weighted by Crippen LogP contribution is -2.17. The van der Waals surface area contributed by atoms with Crippen LogP contribution in [0.5, 0.6) is 5.75 Å². The first-order valence-corrected chi connectivity index (χ1v) is 4.31. The van der Waals surface area contributed by atoms with Gasteiger partial charge in [0.15, 0.2) is 0 Å². The number of alkyl halides is 3. The lowest BCUT2D eigenvalue weighted by molar-refractivity contribution is -0.274. The highest BCUT2D eigenvalue weighted by Gasteiger charge is 2.30. The van der Waals surface area contributed by atoms with Crippen LogP contribution in [-0.2, 0) is 0 Å². The molecule has 0 atom stereocenters. The Hall–Kier alpha value is -1.43. The number of ether oxygens (including phenoxy) is 1. The predicted octanol–water partition coefficient (Wildman–Crippen LogP) is 1.96. The van der Waals surface area contributed by atoms with Gasteiger partial charge in [0.2, 0.25) is 0 Å². The van der Waals surface area contributed by atoms with Crippen LogP contribution in [0.2, 0.25) is 0 Å². The van der Waals surface area contributed by atoms with Crippen molar-refractivity contribution in [2.75, 3.05) is 18.4 Å². The molecule has 0 saturated carbocycles. The Morgan fingerprint density at radius 1 is 1.20 bits per heavy atom. The molecule has 3 nitrogen and oxygen atoms in total. The molecule has 1 rings (SSSR count). The molecule has 84 valence electrons. The maximum atomic E-state index is 11.8. The van der Waals surface area contributed by atoms with Gasteiger partial charge in [-0.3, -0.25) is 0 Å². The Kier molecular flexibility index (Phi) is 3.79. The summed E-state index contributed by atoms with van der Waals surface area (Å²) in [5.74, 6) is -0.235. The van der Waals surface area contributed by atoms with Crippen LogP contribution in [0.3, 0.4) is 0 Å². The number of hydrogen-bond acceptors (Lipinski definition) is 3. The van der Waals surface area contributed by atoms with Crippen LogP contribution in [0.15, 0.2) is 24.3 Å². The maximum Gasteiger partial charge on any atom is 0.573 e. The van der Waals surface area contributed by atoms with Gasteiger partial charge in [-0.1, -0.05) is 0 Å². The van der Waals surface area contributed by atoms with Crippen LogP contribution < -0.4 is 15.8 Å². The van der Waals surface area contributed by atoms with Crippen molar-refractivity contribution in [3.63, 3.8) is 0 Å². The van der Waals surface area contributed by atoms with Gasteiger partial charge in [-0.2, -0.15) is 0 Å². The summed E-state index contributed by atoms with van der Waals surface area (Å²) in [5, 5.41) is 2.92. The van der Waals surface area contributed by atoms with Crippen LogP contribution in [0.25, 0.3) is 0 Å². The molecule has 6 heteroatoms. The van der Waals surface area contributed by atoms with Crippen molar-refractivity contribution in [1.29, 1.82) is 0 Å². The number of hydrogen-bond donors (Lipinski definition) is 2. The van der Waals surface area contributed by atoms with Crippen molar-refractivity contribution in [3.8, 4) is 5.75 Å². The fraction of sp³-hybridized carbons (Fsp3) is 0.333. The van der Waals surface area contributed by atoms with E-state index in [4.69, 9.17) is 5.73 Å². The Morgan fingerprint density at radius 3 is 2.27 bits per heavy atom. The molecule has 3 N–H and O–H groups in total. The molecular weight excluding hydrogens is 209 g/mol. The summed E-state index contributed by atoms with van der Waals surface area (Å²) in [6, 6.07) is 5.48. The number of rotatable bonds is 4. The van der Waals surface area contributed by atoms with Gasteiger partial charge in [0.05, 0.1) is 0 Å². The summed E-state index contributed by atoms with van der Waals surface area (Å²) in [4.78, 5) is 0. The summed E-state index contributed by atoms with van der Waals surface area (Å²) in [5.41, 5.74) is 5.96. The normalized spacial score (nSPS) is 11.2. The minimum absolute atomic E-state index is 0.235. The minimum Gasteiger partial charge on any atom is -0.406 e. The van der Waals surface area contributed by atoms with Crippen molar-refractivity contribution < 1.29 is 17.9 Å². The third-order valence-electron chi connectivity index (χ3n) is 1.56. The van der Waals surface area contributed by atoms with E-state index < -0.39 is 6.36 Å².